The minimum Gasteiger partial charge on any atom is -0.493 e. The van der Waals surface area contributed by atoms with Crippen LogP contribution in [-0.4, -0.2) is 42.8 Å². The molecule has 0 atom stereocenters. The number of para-hydroxylation sites is 1. The van der Waals surface area contributed by atoms with Crippen LogP contribution in [0.4, 0.5) is 0 Å². The van der Waals surface area contributed by atoms with Crippen LogP contribution in [0.5, 0.6) is 17.2 Å². The summed E-state index contributed by atoms with van der Waals surface area (Å²) in [5.74, 6) is 0.334. The number of primary amides is 1. The zero-order valence-electron chi connectivity index (χ0n) is 16.3. The molecule has 3 aromatic rings. The van der Waals surface area contributed by atoms with Crippen LogP contribution in [0, 0.1) is 0 Å². The standard InChI is InChI=1S/C20H19N3O7/c1-26-15-8-7-12(9-16(15)27-2)20-22-17(30-23-20)10-29-18(24)11-28-14-6-4-3-5-13(14)19(21)25/h3-9H,10-11H2,1-2H3,(H2,21,25). The third-order valence-electron chi connectivity index (χ3n) is 3.96. The minimum atomic E-state index is -0.680. The molecule has 0 saturated carbocycles. The predicted molar refractivity (Wildman–Crippen MR) is 103 cm³/mol. The first-order valence-corrected chi connectivity index (χ1v) is 8.74. The zero-order valence-corrected chi connectivity index (χ0v) is 16.3. The van der Waals surface area contributed by atoms with Crippen LogP contribution in [0.3, 0.4) is 0 Å². The van der Waals surface area contributed by atoms with Gasteiger partial charge in [0.25, 0.3) is 11.8 Å². The number of amides is 1. The van der Waals surface area contributed by atoms with E-state index in [1.807, 2.05) is 0 Å². The van der Waals surface area contributed by atoms with Crippen molar-refractivity contribution in [2.75, 3.05) is 20.8 Å². The Morgan fingerprint density at radius 1 is 1.03 bits per heavy atom. The van der Waals surface area contributed by atoms with Crippen molar-refractivity contribution in [3.63, 3.8) is 0 Å². The van der Waals surface area contributed by atoms with Crippen LogP contribution in [0.2, 0.25) is 0 Å². The van der Waals surface area contributed by atoms with Gasteiger partial charge in [0.1, 0.15) is 5.75 Å². The molecule has 1 amide bonds. The first-order valence-electron chi connectivity index (χ1n) is 8.74. The van der Waals surface area contributed by atoms with Gasteiger partial charge in [0.05, 0.1) is 19.8 Å². The molecule has 0 aliphatic heterocycles. The lowest BCUT2D eigenvalue weighted by molar-refractivity contribution is -0.148. The molecule has 10 nitrogen and oxygen atoms in total. The Morgan fingerprint density at radius 2 is 1.80 bits per heavy atom. The molecule has 0 fully saturated rings. The number of aromatic nitrogens is 2. The van der Waals surface area contributed by atoms with E-state index < -0.39 is 18.5 Å². The van der Waals surface area contributed by atoms with E-state index in [2.05, 4.69) is 10.1 Å². The number of ether oxygens (including phenoxy) is 4. The van der Waals surface area contributed by atoms with E-state index in [-0.39, 0.29) is 23.8 Å². The quantitative estimate of drug-likeness (QED) is 0.522. The summed E-state index contributed by atoms with van der Waals surface area (Å²) < 4.78 is 25.9. The third kappa shape index (κ3) is 4.85. The van der Waals surface area contributed by atoms with Crippen molar-refractivity contribution in [2.24, 2.45) is 5.73 Å². The summed E-state index contributed by atoms with van der Waals surface area (Å²) in [6, 6.07) is 11.5. The highest BCUT2D eigenvalue weighted by molar-refractivity contribution is 5.95. The molecule has 3 rings (SSSR count). The smallest absolute Gasteiger partial charge is 0.344 e. The first kappa shape index (κ1) is 20.6. The lowest BCUT2D eigenvalue weighted by Crippen LogP contribution is -2.18. The first-order chi connectivity index (χ1) is 14.5. The summed E-state index contributed by atoms with van der Waals surface area (Å²) in [4.78, 5) is 27.5. The number of benzene rings is 2. The molecule has 1 aromatic heterocycles. The number of rotatable bonds is 9. The molecule has 1 heterocycles. The highest BCUT2D eigenvalue weighted by Gasteiger charge is 2.15. The molecule has 2 N–H and O–H groups in total. The van der Waals surface area contributed by atoms with Gasteiger partial charge in [0, 0.05) is 5.56 Å². The fourth-order valence-electron chi connectivity index (χ4n) is 2.52. The van der Waals surface area contributed by atoms with E-state index in [0.29, 0.717) is 22.9 Å². The maximum Gasteiger partial charge on any atom is 0.344 e. The molecule has 30 heavy (non-hydrogen) atoms. The van der Waals surface area contributed by atoms with Crippen molar-refractivity contribution in [1.29, 1.82) is 0 Å². The Morgan fingerprint density at radius 3 is 2.53 bits per heavy atom. The second-order valence-electron chi connectivity index (χ2n) is 5.89. The number of carbonyl (C=O) groups excluding carboxylic acids is 2. The summed E-state index contributed by atoms with van der Waals surface area (Å²) in [5.41, 5.74) is 6.07. The van der Waals surface area contributed by atoms with Crippen molar-refractivity contribution < 1.29 is 33.1 Å². The van der Waals surface area contributed by atoms with E-state index in [1.54, 1.807) is 30.3 Å². The molecule has 0 aliphatic carbocycles. The van der Waals surface area contributed by atoms with Crippen molar-refractivity contribution >= 4 is 11.9 Å². The van der Waals surface area contributed by atoms with E-state index in [1.165, 1.54) is 26.4 Å². The van der Waals surface area contributed by atoms with Crippen LogP contribution < -0.4 is 19.9 Å². The van der Waals surface area contributed by atoms with Gasteiger partial charge < -0.3 is 29.2 Å². The lowest BCUT2D eigenvalue weighted by Gasteiger charge is -2.08. The molecule has 0 spiro atoms. The minimum absolute atomic E-state index is 0.102. The van der Waals surface area contributed by atoms with Gasteiger partial charge >= 0.3 is 5.97 Å². The van der Waals surface area contributed by atoms with Gasteiger partial charge in [0.15, 0.2) is 24.7 Å². The topological polar surface area (TPSA) is 136 Å². The number of carbonyl (C=O) groups is 2. The maximum absolute atomic E-state index is 11.9. The SMILES string of the molecule is COc1ccc(-c2noc(COC(=O)COc3ccccc3C(N)=O)n2)cc1OC. The van der Waals surface area contributed by atoms with E-state index >= 15 is 0 Å². The molecule has 0 bridgehead atoms. The van der Waals surface area contributed by atoms with Crippen LogP contribution in [-0.2, 0) is 16.1 Å². The predicted octanol–water partition coefficient (Wildman–Crippen LogP) is 1.97. The molecular formula is C20H19N3O7. The summed E-state index contributed by atoms with van der Waals surface area (Å²) >= 11 is 0. The Kier molecular flexibility index (Phi) is 6.48. The van der Waals surface area contributed by atoms with E-state index in [9.17, 15) is 9.59 Å². The normalized spacial score (nSPS) is 10.3. The molecule has 0 aliphatic rings. The van der Waals surface area contributed by atoms with Gasteiger partial charge in [-0.05, 0) is 30.3 Å². The Labute approximate surface area is 171 Å². The van der Waals surface area contributed by atoms with Gasteiger partial charge in [-0.15, -0.1) is 0 Å². The molecular weight excluding hydrogens is 394 g/mol. The number of nitrogens with two attached hydrogens (primary N) is 1. The van der Waals surface area contributed by atoms with Crippen LogP contribution >= 0.6 is 0 Å². The number of nitrogens with zero attached hydrogens (tertiary/aromatic N) is 2. The van der Waals surface area contributed by atoms with Crippen molar-refractivity contribution in [1.82, 2.24) is 10.1 Å². The van der Waals surface area contributed by atoms with Crippen LogP contribution in [0.1, 0.15) is 16.2 Å². The zero-order chi connectivity index (χ0) is 21.5. The van der Waals surface area contributed by atoms with Gasteiger partial charge in [-0.3, -0.25) is 4.79 Å². The van der Waals surface area contributed by atoms with Crippen molar-refractivity contribution in [2.45, 2.75) is 6.61 Å². The Hall–Kier alpha value is -4.08. The average Bonchev–Trinajstić information content (AvgIpc) is 3.25. The molecule has 2 aromatic carbocycles. The lowest BCUT2D eigenvalue weighted by atomic mass is 10.2. The van der Waals surface area contributed by atoms with Gasteiger partial charge in [-0.25, -0.2) is 4.79 Å². The van der Waals surface area contributed by atoms with Crippen molar-refractivity contribution in [3.8, 4) is 28.6 Å². The summed E-state index contributed by atoms with van der Waals surface area (Å²) in [5, 5.41) is 3.86. The van der Waals surface area contributed by atoms with Gasteiger partial charge in [-0.2, -0.15) is 4.98 Å². The van der Waals surface area contributed by atoms with Gasteiger partial charge in [-0.1, -0.05) is 17.3 Å². The summed E-state index contributed by atoms with van der Waals surface area (Å²) in [7, 11) is 3.06. The van der Waals surface area contributed by atoms with Gasteiger partial charge in [0.2, 0.25) is 5.82 Å². The highest BCUT2D eigenvalue weighted by Crippen LogP contribution is 2.31. The number of hydrogen-bond donors (Lipinski definition) is 1. The van der Waals surface area contributed by atoms with Crippen LogP contribution in [0.25, 0.3) is 11.4 Å². The average molecular weight is 413 g/mol. The largest absolute Gasteiger partial charge is 0.493 e. The fourth-order valence-corrected chi connectivity index (χ4v) is 2.52. The molecule has 0 unspecified atom stereocenters. The molecule has 10 heteroatoms. The Balaban J connectivity index is 1.57. The summed E-state index contributed by atoms with van der Waals surface area (Å²) in [6.45, 7) is -0.652. The third-order valence-corrected chi connectivity index (χ3v) is 3.96. The van der Waals surface area contributed by atoms with E-state index in [4.69, 9.17) is 29.2 Å². The maximum atomic E-state index is 11.9. The van der Waals surface area contributed by atoms with Crippen LogP contribution in [0.15, 0.2) is 47.0 Å². The molecule has 156 valence electrons. The molecule has 0 saturated heterocycles. The highest BCUT2D eigenvalue weighted by atomic mass is 16.6. The fraction of sp³-hybridized carbons (Fsp3) is 0.200. The van der Waals surface area contributed by atoms with E-state index in [0.717, 1.165) is 0 Å². The second-order valence-corrected chi connectivity index (χ2v) is 5.89. The monoisotopic (exact) mass is 413 g/mol. The Bertz CT molecular complexity index is 1050. The summed E-state index contributed by atoms with van der Waals surface area (Å²) in [6.07, 6.45) is 0. The number of methoxy groups -OCH3 is 2. The number of esters is 1. The second kappa shape index (κ2) is 9.41. The van der Waals surface area contributed by atoms with Crippen molar-refractivity contribution in [3.05, 3.63) is 53.9 Å². The molecule has 0 radical (unpaired) electrons. The number of hydrogen-bond acceptors (Lipinski definition) is 9.